The zero-order valence-corrected chi connectivity index (χ0v) is 29.9. The number of allylic oxidation sites excluding steroid dienone is 4. The molecule has 2 aliphatic carbocycles. The number of para-hydroxylation sites is 4. The highest BCUT2D eigenvalue weighted by molar-refractivity contribution is 6.10. The van der Waals surface area contributed by atoms with Crippen LogP contribution in [0.3, 0.4) is 0 Å². The van der Waals surface area contributed by atoms with Crippen LogP contribution in [0.5, 0.6) is 0 Å². The first-order valence-electron chi connectivity index (χ1n) is 19.0. The van der Waals surface area contributed by atoms with Crippen molar-refractivity contribution in [3.63, 3.8) is 0 Å². The molecule has 0 saturated heterocycles. The number of benzene rings is 5. The predicted molar refractivity (Wildman–Crippen MR) is 217 cm³/mol. The number of hydrogen-bond donors (Lipinski definition) is 0. The minimum absolute atomic E-state index is 0.328. The number of nitrogens with zero attached hydrogens (tertiary/aromatic N) is 4. The Morgan fingerprint density at radius 3 is 1.60 bits per heavy atom. The van der Waals surface area contributed by atoms with Crippen LogP contribution >= 0.6 is 0 Å². The summed E-state index contributed by atoms with van der Waals surface area (Å²) in [4.78, 5) is 11.3. The van der Waals surface area contributed by atoms with E-state index in [4.69, 9.17) is 9.97 Å². The normalized spacial score (nSPS) is 18.0. The quantitative estimate of drug-likeness (QED) is 0.170. The van der Waals surface area contributed by atoms with Gasteiger partial charge in [-0.3, -0.25) is 9.13 Å². The van der Waals surface area contributed by atoms with Crippen LogP contribution in [-0.2, 0) is 0 Å². The summed E-state index contributed by atoms with van der Waals surface area (Å²) in [6.07, 6.45) is 12.0. The van der Waals surface area contributed by atoms with E-state index in [2.05, 4.69) is 156 Å². The first-order chi connectivity index (χ1) is 25.6. The Hall–Kier alpha value is -5.74. The molecule has 0 spiro atoms. The number of rotatable bonds is 5. The predicted octanol–water partition coefficient (Wildman–Crippen LogP) is 12.8. The van der Waals surface area contributed by atoms with Crippen LogP contribution in [0, 0.1) is 0 Å². The SMILES string of the molecule is CC1=C[C@@H](c2cccc([C@H]3CCCC=C3C)c2-c2nc(-n3c4ccccc4c4ccccc43)cc(-n3c4ccccc4c4ccccc43)n2)CCC1. The first-order valence-corrected chi connectivity index (χ1v) is 19.0. The van der Waals surface area contributed by atoms with Crippen molar-refractivity contribution in [2.75, 3.05) is 0 Å². The van der Waals surface area contributed by atoms with Crippen molar-refractivity contribution >= 4 is 43.6 Å². The maximum absolute atomic E-state index is 5.67. The van der Waals surface area contributed by atoms with Gasteiger partial charge in [0.1, 0.15) is 11.6 Å². The summed E-state index contributed by atoms with van der Waals surface area (Å²) < 4.78 is 4.71. The number of hydrogen-bond acceptors (Lipinski definition) is 2. The molecule has 0 unspecified atom stereocenters. The molecule has 0 amide bonds. The smallest absolute Gasteiger partial charge is 0.164 e. The molecule has 0 fully saturated rings. The van der Waals surface area contributed by atoms with Crippen LogP contribution in [0.1, 0.15) is 75.3 Å². The van der Waals surface area contributed by atoms with E-state index in [1.165, 1.54) is 68.6 Å². The zero-order valence-electron chi connectivity index (χ0n) is 29.9. The van der Waals surface area contributed by atoms with Gasteiger partial charge in [-0.15, -0.1) is 0 Å². The molecule has 10 rings (SSSR count). The second-order valence-corrected chi connectivity index (χ2v) is 14.9. The summed E-state index contributed by atoms with van der Waals surface area (Å²) in [5, 5.41) is 4.90. The Balaban J connectivity index is 1.34. The van der Waals surface area contributed by atoms with Gasteiger partial charge >= 0.3 is 0 Å². The van der Waals surface area contributed by atoms with Crippen molar-refractivity contribution < 1.29 is 0 Å². The minimum Gasteiger partial charge on any atom is -0.294 e. The van der Waals surface area contributed by atoms with E-state index < -0.39 is 0 Å². The number of fused-ring (bicyclic) bond motifs is 6. The Bertz CT molecular complexity index is 2500. The van der Waals surface area contributed by atoms with E-state index in [-0.39, 0.29) is 0 Å². The van der Waals surface area contributed by atoms with Gasteiger partial charge in [-0.1, -0.05) is 114 Å². The van der Waals surface area contributed by atoms with E-state index in [0.29, 0.717) is 11.8 Å². The Kier molecular flexibility index (Phi) is 7.45. The molecule has 2 aliphatic rings. The lowest BCUT2D eigenvalue weighted by Crippen LogP contribution is -2.13. The Labute approximate surface area is 304 Å². The monoisotopic (exact) mass is 674 g/mol. The minimum atomic E-state index is 0.328. The first kappa shape index (κ1) is 31.0. The lowest BCUT2D eigenvalue weighted by atomic mass is 9.77. The van der Waals surface area contributed by atoms with E-state index >= 15 is 0 Å². The van der Waals surface area contributed by atoms with Crippen LogP contribution < -0.4 is 0 Å². The molecule has 3 aromatic heterocycles. The fourth-order valence-electron chi connectivity index (χ4n) is 9.33. The third-order valence-electron chi connectivity index (χ3n) is 11.7. The molecular formula is C48H42N4. The lowest BCUT2D eigenvalue weighted by Gasteiger charge is -2.29. The molecule has 254 valence electrons. The Morgan fingerprint density at radius 2 is 1.08 bits per heavy atom. The summed E-state index contributed by atoms with van der Waals surface area (Å²) >= 11 is 0. The van der Waals surface area contributed by atoms with E-state index in [1.807, 2.05) is 0 Å². The van der Waals surface area contributed by atoms with Crippen LogP contribution in [0.15, 0.2) is 145 Å². The third-order valence-corrected chi connectivity index (χ3v) is 11.7. The molecule has 52 heavy (non-hydrogen) atoms. The van der Waals surface area contributed by atoms with Gasteiger partial charge in [0, 0.05) is 45.0 Å². The molecule has 0 aliphatic heterocycles. The number of aromatic nitrogens is 4. The highest BCUT2D eigenvalue weighted by Gasteiger charge is 2.28. The molecule has 0 N–H and O–H groups in total. The Morgan fingerprint density at radius 1 is 0.558 bits per heavy atom. The maximum atomic E-state index is 5.67. The maximum Gasteiger partial charge on any atom is 0.164 e. The van der Waals surface area contributed by atoms with Crippen molar-refractivity contribution in [3.05, 3.63) is 156 Å². The molecule has 3 heterocycles. The molecule has 8 aromatic rings. The summed E-state index contributed by atoms with van der Waals surface area (Å²) in [7, 11) is 0. The van der Waals surface area contributed by atoms with Gasteiger partial charge in [0.25, 0.3) is 0 Å². The second kappa shape index (κ2) is 12.5. The van der Waals surface area contributed by atoms with Crippen molar-refractivity contribution in [1.29, 1.82) is 0 Å². The van der Waals surface area contributed by atoms with E-state index in [1.54, 1.807) is 0 Å². The van der Waals surface area contributed by atoms with Gasteiger partial charge in [-0.2, -0.15) is 0 Å². The molecule has 0 radical (unpaired) electrons. The van der Waals surface area contributed by atoms with Crippen molar-refractivity contribution in [2.24, 2.45) is 0 Å². The molecule has 0 saturated carbocycles. The molecule has 0 bridgehead atoms. The topological polar surface area (TPSA) is 35.6 Å². The molecule has 4 nitrogen and oxygen atoms in total. The average Bonchev–Trinajstić information content (AvgIpc) is 3.71. The highest BCUT2D eigenvalue weighted by Crippen LogP contribution is 2.45. The summed E-state index contributed by atoms with van der Waals surface area (Å²) in [5.74, 6) is 3.23. The third kappa shape index (κ3) is 4.96. The lowest BCUT2D eigenvalue weighted by molar-refractivity contribution is 0.616. The van der Waals surface area contributed by atoms with Crippen molar-refractivity contribution in [2.45, 2.75) is 64.2 Å². The summed E-state index contributed by atoms with van der Waals surface area (Å²) in [6.45, 7) is 4.62. The fourth-order valence-corrected chi connectivity index (χ4v) is 9.33. The van der Waals surface area contributed by atoms with Crippen LogP contribution in [-0.4, -0.2) is 19.1 Å². The van der Waals surface area contributed by atoms with Gasteiger partial charge in [0.05, 0.1) is 22.1 Å². The van der Waals surface area contributed by atoms with Gasteiger partial charge in [-0.05, 0) is 87.8 Å². The van der Waals surface area contributed by atoms with Crippen LogP contribution in [0.4, 0.5) is 0 Å². The van der Waals surface area contributed by atoms with Gasteiger partial charge in [0.2, 0.25) is 0 Å². The van der Waals surface area contributed by atoms with Gasteiger partial charge in [0.15, 0.2) is 5.82 Å². The van der Waals surface area contributed by atoms with Gasteiger partial charge < -0.3 is 0 Å². The molecule has 4 heteroatoms. The fraction of sp³-hybridized carbons (Fsp3) is 0.208. The summed E-state index contributed by atoms with van der Waals surface area (Å²) in [5.41, 5.74) is 11.4. The standard InChI is InChI=1S/C48H42N4/c1-31-15-13-17-33(29-31)35-23-14-24-40(34-18-4-3-16-32(34)2)47(35)48-49-45(51-41-25-9-5-19-36(41)37-20-6-10-26-42(37)51)30-46(50-48)52-43-27-11-7-21-38(43)39-22-8-12-28-44(39)52/h5-12,14,16,19-30,33-34H,3-4,13,15,17-18H2,1-2H3/t33-,34-/m0/s1. The largest absolute Gasteiger partial charge is 0.294 e. The highest BCUT2D eigenvalue weighted by atomic mass is 15.1. The van der Waals surface area contributed by atoms with Crippen molar-refractivity contribution in [3.8, 4) is 23.0 Å². The van der Waals surface area contributed by atoms with Gasteiger partial charge in [-0.25, -0.2) is 9.97 Å². The molecule has 5 aromatic carbocycles. The van der Waals surface area contributed by atoms with E-state index in [9.17, 15) is 0 Å². The van der Waals surface area contributed by atoms with Crippen LogP contribution in [0.25, 0.3) is 66.6 Å². The second-order valence-electron chi connectivity index (χ2n) is 14.9. The van der Waals surface area contributed by atoms with Crippen LogP contribution in [0.2, 0.25) is 0 Å². The molecule has 2 atom stereocenters. The van der Waals surface area contributed by atoms with Crippen molar-refractivity contribution in [1.82, 2.24) is 19.1 Å². The summed E-state index contributed by atoms with van der Waals surface area (Å²) in [6, 6.07) is 44.1. The molecular weight excluding hydrogens is 633 g/mol. The zero-order chi connectivity index (χ0) is 34.8. The van der Waals surface area contributed by atoms with E-state index in [0.717, 1.165) is 58.8 Å². The average molecular weight is 675 g/mol.